The van der Waals surface area contributed by atoms with Gasteiger partial charge in [-0.15, -0.1) is 0 Å². The maximum absolute atomic E-state index is 11.8. The minimum atomic E-state index is -0.00447. The Hall–Kier alpha value is -2.03. The first kappa shape index (κ1) is 15.4. The van der Waals surface area contributed by atoms with Gasteiger partial charge in [0.25, 0.3) is 0 Å². The molecule has 21 heavy (non-hydrogen) atoms. The van der Waals surface area contributed by atoms with Crippen LogP contribution in [0.5, 0.6) is 0 Å². The minimum Gasteiger partial charge on any atom is -0.477 e. The van der Waals surface area contributed by atoms with Gasteiger partial charge in [0.2, 0.25) is 0 Å². The number of carbonyl (C=O) groups excluding carboxylic acids is 1. The molecule has 1 aromatic carbocycles. The largest absolute Gasteiger partial charge is 0.477 e. The number of hydrogen-bond acceptors (Lipinski definition) is 3. The average Bonchev–Trinajstić information content (AvgIpc) is 2.70. The SMILES string of the molecule is CC(=O)C(=CC=C1OCC(C)(C)N1C)Cc1ccccc1. The van der Waals surface area contributed by atoms with E-state index in [0.717, 1.165) is 17.0 Å². The van der Waals surface area contributed by atoms with E-state index >= 15 is 0 Å². The molecule has 0 aromatic heterocycles. The van der Waals surface area contributed by atoms with Crippen LogP contribution in [0.1, 0.15) is 26.3 Å². The summed E-state index contributed by atoms with van der Waals surface area (Å²) in [4.78, 5) is 13.9. The molecule has 0 aliphatic carbocycles. The van der Waals surface area contributed by atoms with Crippen molar-refractivity contribution in [3.63, 3.8) is 0 Å². The molecule has 2 rings (SSSR count). The summed E-state index contributed by atoms with van der Waals surface area (Å²) >= 11 is 0. The summed E-state index contributed by atoms with van der Waals surface area (Å²) < 4.78 is 5.69. The molecule has 1 heterocycles. The molecule has 1 fully saturated rings. The number of benzene rings is 1. The highest BCUT2D eigenvalue weighted by molar-refractivity contribution is 5.94. The molecule has 3 heteroatoms. The second-order valence-electron chi connectivity index (χ2n) is 6.08. The van der Waals surface area contributed by atoms with Crippen molar-refractivity contribution in [1.82, 2.24) is 4.90 Å². The Morgan fingerprint density at radius 3 is 2.52 bits per heavy atom. The number of hydrogen-bond donors (Lipinski definition) is 0. The molecule has 1 aliphatic heterocycles. The molecule has 0 amide bonds. The van der Waals surface area contributed by atoms with Crippen LogP contribution in [0.2, 0.25) is 0 Å². The van der Waals surface area contributed by atoms with Crippen LogP contribution in [0, 0.1) is 0 Å². The van der Waals surface area contributed by atoms with Crippen LogP contribution in [0.4, 0.5) is 0 Å². The zero-order valence-corrected chi connectivity index (χ0v) is 13.2. The normalized spacial score (nSPS) is 19.7. The summed E-state index contributed by atoms with van der Waals surface area (Å²) in [6, 6.07) is 10.0. The molecule has 112 valence electrons. The summed E-state index contributed by atoms with van der Waals surface area (Å²) in [5, 5.41) is 0. The quantitative estimate of drug-likeness (QED) is 0.795. The second-order valence-corrected chi connectivity index (χ2v) is 6.08. The molecule has 0 unspecified atom stereocenters. The van der Waals surface area contributed by atoms with E-state index in [-0.39, 0.29) is 11.3 Å². The lowest BCUT2D eigenvalue weighted by Crippen LogP contribution is -2.36. The second kappa shape index (κ2) is 6.17. The van der Waals surface area contributed by atoms with Crippen molar-refractivity contribution in [2.45, 2.75) is 32.7 Å². The van der Waals surface area contributed by atoms with Crippen molar-refractivity contribution in [2.24, 2.45) is 0 Å². The predicted molar refractivity (Wildman–Crippen MR) is 84.8 cm³/mol. The number of allylic oxidation sites excluding steroid dienone is 3. The summed E-state index contributed by atoms with van der Waals surface area (Å²) in [5.41, 5.74) is 1.92. The van der Waals surface area contributed by atoms with E-state index in [1.165, 1.54) is 0 Å². The van der Waals surface area contributed by atoms with Gasteiger partial charge < -0.3 is 9.64 Å². The van der Waals surface area contributed by atoms with E-state index in [1.807, 2.05) is 49.5 Å². The number of ether oxygens (including phenoxy) is 1. The maximum atomic E-state index is 11.8. The summed E-state index contributed by atoms with van der Waals surface area (Å²) in [5.74, 6) is 0.905. The predicted octanol–water partition coefficient (Wildman–Crippen LogP) is 3.33. The van der Waals surface area contributed by atoms with Gasteiger partial charge in [0.15, 0.2) is 11.7 Å². The first-order chi connectivity index (χ1) is 9.90. The molecule has 0 spiro atoms. The molecular weight excluding hydrogens is 262 g/mol. The zero-order valence-electron chi connectivity index (χ0n) is 13.2. The summed E-state index contributed by atoms with van der Waals surface area (Å²) in [7, 11) is 2.01. The highest BCUT2D eigenvalue weighted by atomic mass is 16.5. The fourth-order valence-electron chi connectivity index (χ4n) is 2.19. The lowest BCUT2D eigenvalue weighted by Gasteiger charge is -2.25. The topological polar surface area (TPSA) is 29.5 Å². The van der Waals surface area contributed by atoms with Crippen molar-refractivity contribution < 1.29 is 9.53 Å². The van der Waals surface area contributed by atoms with E-state index in [1.54, 1.807) is 6.92 Å². The summed E-state index contributed by atoms with van der Waals surface area (Å²) in [6.45, 7) is 6.54. The van der Waals surface area contributed by atoms with Gasteiger partial charge in [-0.3, -0.25) is 4.79 Å². The first-order valence-electron chi connectivity index (χ1n) is 7.22. The van der Waals surface area contributed by atoms with Crippen molar-refractivity contribution in [2.75, 3.05) is 13.7 Å². The average molecular weight is 285 g/mol. The van der Waals surface area contributed by atoms with Crippen molar-refractivity contribution in [1.29, 1.82) is 0 Å². The van der Waals surface area contributed by atoms with E-state index in [0.29, 0.717) is 13.0 Å². The van der Waals surface area contributed by atoms with Gasteiger partial charge in [0, 0.05) is 13.5 Å². The maximum Gasteiger partial charge on any atom is 0.189 e. The lowest BCUT2D eigenvalue weighted by atomic mass is 10.0. The van der Waals surface area contributed by atoms with Crippen LogP contribution in [-0.2, 0) is 16.0 Å². The van der Waals surface area contributed by atoms with Crippen molar-refractivity contribution in [3.05, 3.63) is 59.5 Å². The van der Waals surface area contributed by atoms with Gasteiger partial charge >= 0.3 is 0 Å². The Morgan fingerprint density at radius 2 is 2.00 bits per heavy atom. The molecule has 1 saturated heterocycles. The molecule has 0 atom stereocenters. The standard InChI is InChI=1S/C18H23NO2/c1-14(20)16(12-15-8-6-5-7-9-15)10-11-17-19(4)18(2,3)13-21-17/h5-11H,12-13H2,1-4H3. The van der Waals surface area contributed by atoms with E-state index < -0.39 is 0 Å². The zero-order chi connectivity index (χ0) is 15.5. The number of Topliss-reactive ketones (excluding diaryl/α,β-unsaturated/α-hetero) is 1. The van der Waals surface area contributed by atoms with Gasteiger partial charge in [0.1, 0.15) is 6.61 Å². The van der Waals surface area contributed by atoms with Gasteiger partial charge in [-0.05, 0) is 44.1 Å². The van der Waals surface area contributed by atoms with Crippen molar-refractivity contribution >= 4 is 5.78 Å². The molecule has 0 radical (unpaired) electrons. The molecule has 0 saturated carbocycles. The van der Waals surface area contributed by atoms with Crippen LogP contribution in [0.3, 0.4) is 0 Å². The van der Waals surface area contributed by atoms with Gasteiger partial charge in [-0.1, -0.05) is 30.3 Å². The molecule has 1 aliphatic rings. The third-order valence-corrected chi connectivity index (χ3v) is 3.93. The van der Waals surface area contributed by atoms with Crippen LogP contribution in [0.25, 0.3) is 0 Å². The number of nitrogens with zero attached hydrogens (tertiary/aromatic N) is 1. The fourth-order valence-corrected chi connectivity index (χ4v) is 2.19. The van der Waals surface area contributed by atoms with Crippen LogP contribution < -0.4 is 0 Å². The third kappa shape index (κ3) is 3.75. The molecular formula is C18H23NO2. The van der Waals surface area contributed by atoms with E-state index in [9.17, 15) is 4.79 Å². The number of carbonyl (C=O) groups is 1. The number of likely N-dealkylation sites (N-methyl/N-ethyl adjacent to an activating group) is 1. The fraction of sp³-hybridized carbons (Fsp3) is 0.389. The first-order valence-corrected chi connectivity index (χ1v) is 7.22. The summed E-state index contributed by atoms with van der Waals surface area (Å²) in [6.07, 6.45) is 4.42. The molecule has 1 aromatic rings. The number of rotatable bonds is 4. The van der Waals surface area contributed by atoms with Crippen molar-refractivity contribution in [3.8, 4) is 0 Å². The van der Waals surface area contributed by atoms with Crippen LogP contribution in [-0.4, -0.2) is 29.9 Å². The lowest BCUT2D eigenvalue weighted by molar-refractivity contribution is -0.113. The Balaban J connectivity index is 2.18. The smallest absolute Gasteiger partial charge is 0.189 e. The molecule has 0 bridgehead atoms. The van der Waals surface area contributed by atoms with Crippen LogP contribution >= 0.6 is 0 Å². The minimum absolute atomic E-state index is 0.00447. The van der Waals surface area contributed by atoms with E-state index in [2.05, 4.69) is 18.7 Å². The highest BCUT2D eigenvalue weighted by Gasteiger charge is 2.33. The highest BCUT2D eigenvalue weighted by Crippen LogP contribution is 2.27. The van der Waals surface area contributed by atoms with Gasteiger partial charge in [-0.25, -0.2) is 0 Å². The third-order valence-electron chi connectivity index (χ3n) is 3.93. The van der Waals surface area contributed by atoms with E-state index in [4.69, 9.17) is 4.74 Å². The monoisotopic (exact) mass is 285 g/mol. The Morgan fingerprint density at radius 1 is 1.33 bits per heavy atom. The van der Waals surface area contributed by atoms with Gasteiger partial charge in [0.05, 0.1) is 5.54 Å². The molecule has 0 N–H and O–H groups in total. The Labute approximate surface area is 126 Å². The van der Waals surface area contributed by atoms with Crippen LogP contribution in [0.15, 0.2) is 53.9 Å². The Bertz CT molecular complexity index is 570. The Kier molecular flexibility index (Phi) is 4.51. The number of ketones is 1. The van der Waals surface area contributed by atoms with Gasteiger partial charge in [-0.2, -0.15) is 0 Å². The molecule has 3 nitrogen and oxygen atoms in total.